The first-order chi connectivity index (χ1) is 12.9. The summed E-state index contributed by atoms with van der Waals surface area (Å²) >= 11 is 7.19. The third kappa shape index (κ3) is 4.20. The Morgan fingerprint density at radius 2 is 2.15 bits per heavy atom. The summed E-state index contributed by atoms with van der Waals surface area (Å²) in [6.07, 6.45) is 1.46. The predicted molar refractivity (Wildman–Crippen MR) is 105 cm³/mol. The molecule has 0 spiro atoms. The van der Waals surface area contributed by atoms with Crippen LogP contribution in [0.3, 0.4) is 0 Å². The monoisotopic (exact) mass is 405 g/mol. The Morgan fingerprint density at radius 1 is 1.37 bits per heavy atom. The summed E-state index contributed by atoms with van der Waals surface area (Å²) in [5.74, 6) is 0.860. The number of amides is 1. The van der Waals surface area contributed by atoms with E-state index in [0.717, 1.165) is 11.8 Å². The number of thioether (sulfide) groups is 1. The molecule has 0 aliphatic rings. The molecule has 2 aromatic heterocycles. The Labute approximate surface area is 163 Å². The average Bonchev–Trinajstić information content (AvgIpc) is 2.63. The molecule has 8 nitrogen and oxygen atoms in total. The van der Waals surface area contributed by atoms with Crippen molar-refractivity contribution in [2.45, 2.75) is 12.1 Å². The van der Waals surface area contributed by atoms with E-state index in [1.165, 1.54) is 17.9 Å². The molecule has 0 saturated heterocycles. The summed E-state index contributed by atoms with van der Waals surface area (Å²) in [4.78, 5) is 37.2. The Bertz CT molecular complexity index is 1090. The van der Waals surface area contributed by atoms with Crippen LogP contribution in [0.25, 0.3) is 11.0 Å². The van der Waals surface area contributed by atoms with Gasteiger partial charge in [-0.15, -0.1) is 0 Å². The second-order valence-electron chi connectivity index (χ2n) is 5.60. The summed E-state index contributed by atoms with van der Waals surface area (Å²) in [6.45, 7) is 1.72. The molecule has 27 heavy (non-hydrogen) atoms. The molecule has 3 aromatic rings. The molecule has 0 unspecified atom stereocenters. The molecule has 1 amide bonds. The lowest BCUT2D eigenvalue weighted by atomic mass is 10.3. The van der Waals surface area contributed by atoms with E-state index >= 15 is 0 Å². The lowest BCUT2D eigenvalue weighted by molar-refractivity contribution is -0.113. The van der Waals surface area contributed by atoms with Crippen LogP contribution >= 0.6 is 23.4 Å². The largest absolute Gasteiger partial charge is 0.495 e. The first-order valence-electron chi connectivity index (χ1n) is 7.85. The fourth-order valence-corrected chi connectivity index (χ4v) is 3.35. The molecule has 0 radical (unpaired) electrons. The van der Waals surface area contributed by atoms with Crippen molar-refractivity contribution in [2.75, 3.05) is 18.2 Å². The van der Waals surface area contributed by atoms with Gasteiger partial charge < -0.3 is 10.1 Å². The van der Waals surface area contributed by atoms with Crippen molar-refractivity contribution in [1.29, 1.82) is 0 Å². The van der Waals surface area contributed by atoms with E-state index < -0.39 is 0 Å². The molecular formula is C17H16ClN5O3S. The maximum Gasteiger partial charge on any atom is 0.264 e. The summed E-state index contributed by atoms with van der Waals surface area (Å²) < 4.78 is 6.46. The van der Waals surface area contributed by atoms with Crippen LogP contribution in [0.2, 0.25) is 5.02 Å². The van der Waals surface area contributed by atoms with Gasteiger partial charge in [0, 0.05) is 18.9 Å². The van der Waals surface area contributed by atoms with Crippen LogP contribution in [0, 0.1) is 6.92 Å². The van der Waals surface area contributed by atoms with Crippen molar-refractivity contribution in [2.24, 2.45) is 7.05 Å². The summed E-state index contributed by atoms with van der Waals surface area (Å²) in [7, 11) is 3.11. The zero-order chi connectivity index (χ0) is 19.6. The summed E-state index contributed by atoms with van der Waals surface area (Å²) in [6, 6.07) is 4.96. The van der Waals surface area contributed by atoms with Gasteiger partial charge >= 0.3 is 0 Å². The fraction of sp³-hybridized carbons (Fsp3) is 0.235. The molecule has 1 aromatic carbocycles. The molecular weight excluding hydrogens is 390 g/mol. The number of hydrogen-bond donors (Lipinski definition) is 1. The number of nitrogens with zero attached hydrogens (tertiary/aromatic N) is 4. The minimum atomic E-state index is -0.259. The summed E-state index contributed by atoms with van der Waals surface area (Å²) in [5.41, 5.74) is 0.607. The van der Waals surface area contributed by atoms with Gasteiger partial charge in [0.05, 0.1) is 17.9 Å². The lowest BCUT2D eigenvalue weighted by Gasteiger charge is -2.10. The second kappa shape index (κ2) is 7.93. The van der Waals surface area contributed by atoms with E-state index in [2.05, 4.69) is 20.3 Å². The quantitative estimate of drug-likeness (QED) is 0.514. The van der Waals surface area contributed by atoms with Crippen LogP contribution in [0.15, 0.2) is 34.3 Å². The number of halogens is 1. The Hall–Kier alpha value is -2.65. The number of aromatic nitrogens is 4. The Balaban J connectivity index is 1.74. The SMILES string of the molecule is COc1ccc(NC(=O)CSc2nc3nc(C)ncc3c(=O)n2C)cc1Cl. The number of carbonyl (C=O) groups excluding carboxylic acids is 1. The lowest BCUT2D eigenvalue weighted by Crippen LogP contribution is -2.22. The van der Waals surface area contributed by atoms with Crippen LogP contribution in [-0.2, 0) is 11.8 Å². The zero-order valence-corrected chi connectivity index (χ0v) is 16.4. The molecule has 0 fully saturated rings. The van der Waals surface area contributed by atoms with Crippen molar-refractivity contribution in [3.63, 3.8) is 0 Å². The van der Waals surface area contributed by atoms with Gasteiger partial charge in [0.1, 0.15) is 17.0 Å². The molecule has 3 rings (SSSR count). The number of rotatable bonds is 5. The second-order valence-corrected chi connectivity index (χ2v) is 6.95. The summed E-state index contributed by atoms with van der Waals surface area (Å²) in [5, 5.41) is 3.88. The van der Waals surface area contributed by atoms with E-state index in [1.54, 1.807) is 32.2 Å². The van der Waals surface area contributed by atoms with Crippen LogP contribution in [0.4, 0.5) is 5.69 Å². The van der Waals surface area contributed by atoms with E-state index in [0.29, 0.717) is 38.5 Å². The van der Waals surface area contributed by atoms with Gasteiger partial charge in [0.2, 0.25) is 5.91 Å². The third-order valence-electron chi connectivity index (χ3n) is 3.68. The highest BCUT2D eigenvalue weighted by Gasteiger charge is 2.13. The van der Waals surface area contributed by atoms with Gasteiger partial charge in [-0.1, -0.05) is 23.4 Å². The maximum absolute atomic E-state index is 12.4. The van der Waals surface area contributed by atoms with E-state index in [-0.39, 0.29) is 17.2 Å². The van der Waals surface area contributed by atoms with Gasteiger partial charge in [0.15, 0.2) is 10.8 Å². The first-order valence-corrected chi connectivity index (χ1v) is 9.22. The zero-order valence-electron chi connectivity index (χ0n) is 14.8. The molecule has 2 heterocycles. The molecule has 0 saturated carbocycles. The van der Waals surface area contributed by atoms with Gasteiger partial charge in [-0.2, -0.15) is 0 Å². The Morgan fingerprint density at radius 3 is 2.85 bits per heavy atom. The molecule has 1 N–H and O–H groups in total. The minimum absolute atomic E-state index is 0.0689. The number of ether oxygens (including phenoxy) is 1. The standard InChI is InChI=1S/C17H16ClN5O3S/c1-9-19-7-11-15(20-9)22-17(23(2)16(11)25)27-8-14(24)21-10-4-5-13(26-3)12(18)6-10/h4-7H,8H2,1-3H3,(H,21,24). The number of carbonyl (C=O) groups is 1. The molecule has 0 atom stereocenters. The van der Waals surface area contributed by atoms with Crippen molar-refractivity contribution < 1.29 is 9.53 Å². The van der Waals surface area contributed by atoms with Gasteiger partial charge in [-0.3, -0.25) is 14.2 Å². The third-order valence-corrected chi connectivity index (χ3v) is 5.01. The molecule has 0 aliphatic carbocycles. The minimum Gasteiger partial charge on any atom is -0.495 e. The first kappa shape index (κ1) is 19.1. The van der Waals surface area contributed by atoms with Gasteiger partial charge in [-0.05, 0) is 25.1 Å². The van der Waals surface area contributed by atoms with Crippen LogP contribution in [0.5, 0.6) is 5.75 Å². The van der Waals surface area contributed by atoms with Crippen LogP contribution in [0.1, 0.15) is 5.82 Å². The smallest absolute Gasteiger partial charge is 0.264 e. The highest BCUT2D eigenvalue weighted by molar-refractivity contribution is 7.99. The van der Waals surface area contributed by atoms with Crippen molar-refractivity contribution in [3.05, 3.63) is 45.6 Å². The van der Waals surface area contributed by atoms with E-state index in [1.807, 2.05) is 0 Å². The van der Waals surface area contributed by atoms with Crippen LogP contribution < -0.4 is 15.6 Å². The molecule has 140 valence electrons. The Kier molecular flexibility index (Phi) is 5.62. The number of nitrogens with one attached hydrogen (secondary N) is 1. The van der Waals surface area contributed by atoms with Crippen molar-refractivity contribution in [1.82, 2.24) is 19.5 Å². The molecule has 10 heteroatoms. The van der Waals surface area contributed by atoms with Crippen LogP contribution in [-0.4, -0.2) is 38.3 Å². The van der Waals surface area contributed by atoms with Crippen molar-refractivity contribution >= 4 is 46.0 Å². The molecule has 0 bridgehead atoms. The predicted octanol–water partition coefficient (Wildman–Crippen LogP) is 2.42. The highest BCUT2D eigenvalue weighted by atomic mass is 35.5. The fourth-order valence-electron chi connectivity index (χ4n) is 2.33. The van der Waals surface area contributed by atoms with Crippen molar-refractivity contribution in [3.8, 4) is 5.75 Å². The van der Waals surface area contributed by atoms with E-state index in [4.69, 9.17) is 16.3 Å². The molecule has 0 aliphatic heterocycles. The maximum atomic E-state index is 12.4. The topological polar surface area (TPSA) is 99.0 Å². The average molecular weight is 406 g/mol. The normalized spacial score (nSPS) is 10.8. The van der Waals surface area contributed by atoms with Gasteiger partial charge in [0.25, 0.3) is 5.56 Å². The highest BCUT2D eigenvalue weighted by Crippen LogP contribution is 2.27. The number of benzene rings is 1. The number of methoxy groups -OCH3 is 1. The van der Waals surface area contributed by atoms with Gasteiger partial charge in [-0.25, -0.2) is 15.0 Å². The number of hydrogen-bond acceptors (Lipinski definition) is 7. The number of aryl methyl sites for hydroxylation is 1. The number of anilines is 1. The number of fused-ring (bicyclic) bond motifs is 1. The van der Waals surface area contributed by atoms with E-state index in [9.17, 15) is 9.59 Å².